The Bertz CT molecular complexity index is 75.0. The van der Waals surface area contributed by atoms with E-state index in [1.807, 2.05) is 13.0 Å². The molecular weight excluding hydrogens is 90.1 g/mol. The summed E-state index contributed by atoms with van der Waals surface area (Å²) in [6.45, 7) is 1.88. The summed E-state index contributed by atoms with van der Waals surface area (Å²) in [5.41, 5.74) is 2.26. The molecule has 0 amide bonds. The number of hydrazine groups is 1. The minimum Gasteiger partial charge on any atom is -0.315 e. The first-order valence-electron chi connectivity index (χ1n) is 2.00. The van der Waals surface area contributed by atoms with Crippen molar-refractivity contribution >= 4 is 6.34 Å². The van der Waals surface area contributed by atoms with E-state index in [-0.39, 0.29) is 0 Å². The van der Waals surface area contributed by atoms with Crippen LogP contribution in [0.3, 0.4) is 0 Å². The third-order valence-electron chi connectivity index (χ3n) is 0.384. The van der Waals surface area contributed by atoms with Crippen molar-refractivity contribution in [2.24, 2.45) is 10.8 Å². The van der Waals surface area contributed by atoms with Crippen molar-refractivity contribution in [3.63, 3.8) is 0 Å². The van der Waals surface area contributed by atoms with Crippen LogP contribution in [0.25, 0.3) is 0 Å². The van der Waals surface area contributed by atoms with Gasteiger partial charge in [0.25, 0.3) is 0 Å². The second kappa shape index (κ2) is 5.17. The highest BCUT2D eigenvalue weighted by molar-refractivity contribution is 5.53. The molecule has 0 heterocycles. The van der Waals surface area contributed by atoms with E-state index in [9.17, 15) is 0 Å². The largest absolute Gasteiger partial charge is 0.315 e. The Morgan fingerprint density at radius 3 is 2.86 bits per heavy atom. The van der Waals surface area contributed by atoms with Crippen molar-refractivity contribution in [3.05, 3.63) is 12.3 Å². The van der Waals surface area contributed by atoms with Gasteiger partial charge in [-0.1, -0.05) is 6.08 Å². The fraction of sp³-hybridized carbons (Fsp3) is 0.250. The number of hydrogen-bond donors (Lipinski definition) is 2. The molecule has 0 fully saturated rings. The van der Waals surface area contributed by atoms with Gasteiger partial charge in [-0.2, -0.15) is 0 Å². The molecule has 3 N–H and O–H groups in total. The van der Waals surface area contributed by atoms with Crippen molar-refractivity contribution in [2.45, 2.75) is 6.92 Å². The molecule has 7 heavy (non-hydrogen) atoms. The number of hydrogen-bond acceptors (Lipinski definition) is 2. The van der Waals surface area contributed by atoms with Gasteiger partial charge >= 0.3 is 0 Å². The summed E-state index contributed by atoms with van der Waals surface area (Å²) in [6, 6.07) is 0. The summed E-state index contributed by atoms with van der Waals surface area (Å²) < 4.78 is 0. The van der Waals surface area contributed by atoms with Crippen molar-refractivity contribution in [1.29, 1.82) is 0 Å². The Balaban J connectivity index is 3.09. The molecular formula is C4H9N3. The van der Waals surface area contributed by atoms with Crippen LogP contribution >= 0.6 is 0 Å². The molecule has 0 saturated carbocycles. The maximum atomic E-state index is 4.84. The van der Waals surface area contributed by atoms with Crippen LogP contribution in [0, 0.1) is 0 Å². The average molecular weight is 99.1 g/mol. The number of aliphatic imine (C=N–C) groups is 1. The Morgan fingerprint density at radius 1 is 1.71 bits per heavy atom. The first-order chi connectivity index (χ1) is 3.41. The smallest absolute Gasteiger partial charge is 0.102 e. The SMILES string of the molecule is C/C=C/N=C\NN. The second-order valence-electron chi connectivity index (χ2n) is 0.927. The molecule has 40 valence electrons. The van der Waals surface area contributed by atoms with E-state index in [2.05, 4.69) is 10.4 Å². The van der Waals surface area contributed by atoms with Crippen molar-refractivity contribution in [3.8, 4) is 0 Å². The highest BCUT2D eigenvalue weighted by Crippen LogP contribution is 1.65. The van der Waals surface area contributed by atoms with Gasteiger partial charge in [0.2, 0.25) is 0 Å². The average Bonchev–Trinajstić information content (AvgIpc) is 1.69. The third-order valence-corrected chi connectivity index (χ3v) is 0.384. The summed E-state index contributed by atoms with van der Waals surface area (Å²) in [7, 11) is 0. The normalized spacial score (nSPS) is 11.1. The fourth-order valence-electron chi connectivity index (χ4n) is 0.172. The zero-order valence-electron chi connectivity index (χ0n) is 4.26. The minimum atomic E-state index is 1.40. The van der Waals surface area contributed by atoms with E-state index >= 15 is 0 Å². The molecule has 0 aliphatic carbocycles. The molecule has 3 heteroatoms. The molecule has 0 saturated heterocycles. The van der Waals surface area contributed by atoms with E-state index in [4.69, 9.17) is 5.84 Å². The molecule has 0 bridgehead atoms. The number of rotatable bonds is 2. The quantitative estimate of drug-likeness (QED) is 0.222. The van der Waals surface area contributed by atoms with Crippen LogP contribution in [0.1, 0.15) is 6.92 Å². The summed E-state index contributed by atoms with van der Waals surface area (Å²) >= 11 is 0. The molecule has 0 radical (unpaired) electrons. The first-order valence-corrected chi connectivity index (χ1v) is 2.00. The molecule has 0 unspecified atom stereocenters. The highest BCUT2D eigenvalue weighted by atomic mass is 15.2. The van der Waals surface area contributed by atoms with Crippen LogP contribution in [0.4, 0.5) is 0 Å². The number of nitrogens with two attached hydrogens (primary N) is 1. The lowest BCUT2D eigenvalue weighted by Crippen LogP contribution is -2.18. The monoisotopic (exact) mass is 99.1 g/mol. The minimum absolute atomic E-state index is 1.40. The topological polar surface area (TPSA) is 50.4 Å². The van der Waals surface area contributed by atoms with Crippen LogP contribution < -0.4 is 11.3 Å². The van der Waals surface area contributed by atoms with Crippen molar-refractivity contribution < 1.29 is 0 Å². The maximum Gasteiger partial charge on any atom is 0.102 e. The molecule has 0 aliphatic rings. The number of nitrogens with one attached hydrogen (secondary N) is 1. The lowest BCUT2D eigenvalue weighted by molar-refractivity contribution is 1.05. The van der Waals surface area contributed by atoms with Gasteiger partial charge in [-0.25, -0.2) is 10.8 Å². The van der Waals surface area contributed by atoms with Crippen molar-refractivity contribution in [1.82, 2.24) is 5.43 Å². The molecule has 0 aromatic carbocycles. The fourth-order valence-corrected chi connectivity index (χ4v) is 0.172. The van der Waals surface area contributed by atoms with Gasteiger partial charge in [-0.3, -0.25) is 0 Å². The highest BCUT2D eigenvalue weighted by Gasteiger charge is 1.54. The Morgan fingerprint density at radius 2 is 2.43 bits per heavy atom. The third kappa shape index (κ3) is 5.17. The van der Waals surface area contributed by atoms with Crippen LogP contribution in [-0.2, 0) is 0 Å². The van der Waals surface area contributed by atoms with Gasteiger partial charge in [-0.15, -0.1) is 0 Å². The zero-order valence-corrected chi connectivity index (χ0v) is 4.26. The van der Waals surface area contributed by atoms with Gasteiger partial charge in [0.1, 0.15) is 6.34 Å². The first kappa shape index (κ1) is 6.17. The maximum absolute atomic E-state index is 4.84. The molecule has 0 rings (SSSR count). The number of allylic oxidation sites excluding steroid dienone is 1. The van der Waals surface area contributed by atoms with E-state index in [0.717, 1.165) is 0 Å². The summed E-state index contributed by atoms with van der Waals surface area (Å²) in [6.07, 6.45) is 4.85. The molecule has 3 nitrogen and oxygen atoms in total. The summed E-state index contributed by atoms with van der Waals surface area (Å²) in [5.74, 6) is 4.84. The van der Waals surface area contributed by atoms with Gasteiger partial charge in [0.15, 0.2) is 0 Å². The van der Waals surface area contributed by atoms with Crippen LogP contribution in [0.2, 0.25) is 0 Å². The molecule has 0 aliphatic heterocycles. The van der Waals surface area contributed by atoms with E-state index in [1.54, 1.807) is 6.20 Å². The van der Waals surface area contributed by atoms with Crippen LogP contribution in [0.5, 0.6) is 0 Å². The van der Waals surface area contributed by atoms with E-state index in [1.165, 1.54) is 6.34 Å². The Hall–Kier alpha value is -0.830. The molecule has 0 aromatic heterocycles. The lowest BCUT2D eigenvalue weighted by Gasteiger charge is -1.77. The van der Waals surface area contributed by atoms with Gasteiger partial charge in [0, 0.05) is 6.20 Å². The van der Waals surface area contributed by atoms with Gasteiger partial charge < -0.3 is 5.43 Å². The summed E-state index contributed by atoms with van der Waals surface area (Å²) in [4.78, 5) is 3.67. The Labute approximate surface area is 42.9 Å². The van der Waals surface area contributed by atoms with Gasteiger partial charge in [-0.05, 0) is 6.92 Å². The molecule has 0 spiro atoms. The predicted molar refractivity (Wildman–Crippen MR) is 30.6 cm³/mol. The predicted octanol–water partition coefficient (Wildman–Crippen LogP) is 0.0116. The summed E-state index contributed by atoms with van der Waals surface area (Å²) in [5, 5.41) is 0. The Kier molecular flexibility index (Phi) is 4.56. The van der Waals surface area contributed by atoms with Gasteiger partial charge in [0.05, 0.1) is 0 Å². The standard InChI is InChI=1S/C4H9N3/c1-2-3-6-4-7-5/h2-4H,5H2,1H3,(H,6,7)/b3-2+. The van der Waals surface area contributed by atoms with E-state index in [0.29, 0.717) is 0 Å². The van der Waals surface area contributed by atoms with Crippen LogP contribution in [-0.4, -0.2) is 6.34 Å². The lowest BCUT2D eigenvalue weighted by atomic mass is 10.7. The molecule has 0 atom stereocenters. The van der Waals surface area contributed by atoms with Crippen molar-refractivity contribution in [2.75, 3.05) is 0 Å². The van der Waals surface area contributed by atoms with Crippen LogP contribution in [0.15, 0.2) is 17.3 Å². The zero-order chi connectivity index (χ0) is 5.54. The molecule has 0 aromatic rings. The number of nitrogens with zero attached hydrogens (tertiary/aromatic N) is 1. The second-order valence-corrected chi connectivity index (χ2v) is 0.927. The van der Waals surface area contributed by atoms with E-state index < -0.39 is 0 Å².